The third-order valence-electron chi connectivity index (χ3n) is 4.37. The normalized spacial score (nSPS) is 12.7. The van der Waals surface area contributed by atoms with Crippen molar-refractivity contribution in [2.75, 3.05) is 16.8 Å². The lowest BCUT2D eigenvalue weighted by Crippen LogP contribution is -2.27. The van der Waals surface area contributed by atoms with E-state index in [0.29, 0.717) is 12.2 Å². The molecule has 2 aromatic heterocycles. The van der Waals surface area contributed by atoms with Crippen LogP contribution in [0.2, 0.25) is 0 Å². The highest BCUT2D eigenvalue weighted by molar-refractivity contribution is 6.07. The Balaban J connectivity index is 1.63. The van der Waals surface area contributed by atoms with E-state index >= 15 is 0 Å². The molecule has 2 amide bonds. The van der Waals surface area contributed by atoms with Crippen LogP contribution in [0.5, 0.6) is 0 Å². The summed E-state index contributed by atoms with van der Waals surface area (Å²) in [4.78, 5) is 30.4. The first-order valence-corrected chi connectivity index (χ1v) is 8.31. The Kier molecular flexibility index (Phi) is 3.96. The molecule has 26 heavy (non-hydrogen) atoms. The first-order valence-electron chi connectivity index (χ1n) is 8.31. The second-order valence-corrected chi connectivity index (χ2v) is 6.04. The number of aromatic nitrogens is 3. The highest BCUT2D eigenvalue weighted by atomic mass is 16.2. The Morgan fingerprint density at radius 3 is 2.81 bits per heavy atom. The van der Waals surface area contributed by atoms with Crippen molar-refractivity contribution in [1.29, 1.82) is 0 Å². The fraction of sp³-hybridized carbons (Fsp3) is 0.158. The molecule has 0 radical (unpaired) electrons. The molecule has 0 fully saturated rings. The van der Waals surface area contributed by atoms with Crippen LogP contribution in [-0.4, -0.2) is 33.1 Å². The molecule has 0 atom stereocenters. The van der Waals surface area contributed by atoms with Gasteiger partial charge >= 0.3 is 0 Å². The molecule has 1 aliphatic heterocycles. The monoisotopic (exact) mass is 347 g/mol. The van der Waals surface area contributed by atoms with E-state index in [2.05, 4.69) is 15.4 Å². The van der Waals surface area contributed by atoms with E-state index in [4.69, 9.17) is 0 Å². The molecule has 1 aromatic carbocycles. The molecular formula is C19H17N5O2. The topological polar surface area (TPSA) is 80.1 Å². The Bertz CT molecular complexity index is 981. The van der Waals surface area contributed by atoms with Gasteiger partial charge in [-0.1, -0.05) is 12.1 Å². The van der Waals surface area contributed by atoms with Gasteiger partial charge in [-0.25, -0.2) is 4.68 Å². The summed E-state index contributed by atoms with van der Waals surface area (Å²) in [5.41, 5.74) is 3.47. The Hall–Kier alpha value is -3.48. The molecule has 3 aromatic rings. The summed E-state index contributed by atoms with van der Waals surface area (Å²) in [6.07, 6.45) is 5.82. The third kappa shape index (κ3) is 2.83. The van der Waals surface area contributed by atoms with E-state index in [1.807, 2.05) is 18.2 Å². The number of para-hydroxylation sites is 1. The molecule has 0 spiro atoms. The van der Waals surface area contributed by atoms with Crippen molar-refractivity contribution in [2.45, 2.75) is 13.3 Å². The van der Waals surface area contributed by atoms with Gasteiger partial charge in [-0.15, -0.1) is 0 Å². The lowest BCUT2D eigenvalue weighted by Gasteiger charge is -2.19. The molecule has 0 bridgehead atoms. The number of nitrogens with one attached hydrogen (secondary N) is 1. The molecule has 4 rings (SSSR count). The number of rotatable bonds is 3. The van der Waals surface area contributed by atoms with Crippen LogP contribution in [0.3, 0.4) is 0 Å². The molecule has 7 nitrogen and oxygen atoms in total. The average Bonchev–Trinajstić information content (AvgIpc) is 3.32. The number of nitrogens with zero attached hydrogens (tertiary/aromatic N) is 4. The molecule has 0 aliphatic carbocycles. The summed E-state index contributed by atoms with van der Waals surface area (Å²) in [5.74, 6) is -0.368. The van der Waals surface area contributed by atoms with Crippen molar-refractivity contribution in [3.05, 3.63) is 66.2 Å². The van der Waals surface area contributed by atoms with E-state index in [9.17, 15) is 9.59 Å². The fourth-order valence-electron chi connectivity index (χ4n) is 3.17. The Morgan fingerprint density at radius 2 is 2.04 bits per heavy atom. The number of pyridine rings is 1. The molecule has 0 saturated carbocycles. The van der Waals surface area contributed by atoms with Crippen molar-refractivity contribution in [3.63, 3.8) is 0 Å². The zero-order valence-corrected chi connectivity index (χ0v) is 14.2. The van der Waals surface area contributed by atoms with Crippen LogP contribution in [0.15, 0.2) is 55.0 Å². The zero-order valence-electron chi connectivity index (χ0n) is 14.2. The van der Waals surface area contributed by atoms with E-state index in [1.165, 1.54) is 6.92 Å². The van der Waals surface area contributed by atoms with Crippen LogP contribution in [0, 0.1) is 0 Å². The van der Waals surface area contributed by atoms with Gasteiger partial charge in [0.05, 0.1) is 17.1 Å². The van der Waals surface area contributed by atoms with Gasteiger partial charge in [-0.05, 0) is 36.2 Å². The second-order valence-electron chi connectivity index (χ2n) is 6.04. The van der Waals surface area contributed by atoms with Crippen LogP contribution in [0.1, 0.15) is 23.0 Å². The number of hydrogen-bond donors (Lipinski definition) is 1. The van der Waals surface area contributed by atoms with Gasteiger partial charge in [0.15, 0.2) is 0 Å². The Morgan fingerprint density at radius 1 is 1.15 bits per heavy atom. The van der Waals surface area contributed by atoms with Gasteiger partial charge in [0.25, 0.3) is 5.91 Å². The van der Waals surface area contributed by atoms with Crippen LogP contribution >= 0.6 is 0 Å². The number of carbonyl (C=O) groups is 2. The van der Waals surface area contributed by atoms with Gasteiger partial charge in [0, 0.05) is 32.1 Å². The number of hydrogen-bond acceptors (Lipinski definition) is 4. The number of fused-ring (bicyclic) bond motifs is 1. The summed E-state index contributed by atoms with van der Waals surface area (Å²) in [6, 6.07) is 10.9. The smallest absolute Gasteiger partial charge is 0.274 e. The van der Waals surface area contributed by atoms with Gasteiger partial charge in [0.2, 0.25) is 5.91 Å². The molecule has 3 heterocycles. The summed E-state index contributed by atoms with van der Waals surface area (Å²) in [5, 5.41) is 7.05. The number of benzene rings is 1. The lowest BCUT2D eigenvalue weighted by molar-refractivity contribution is -0.116. The fourth-order valence-corrected chi connectivity index (χ4v) is 3.17. The van der Waals surface area contributed by atoms with Crippen molar-refractivity contribution in [2.24, 2.45) is 0 Å². The van der Waals surface area contributed by atoms with E-state index in [-0.39, 0.29) is 17.5 Å². The van der Waals surface area contributed by atoms with Gasteiger partial charge in [0.1, 0.15) is 5.69 Å². The minimum atomic E-state index is -0.331. The van der Waals surface area contributed by atoms with Crippen LogP contribution in [0.4, 0.5) is 11.4 Å². The molecule has 1 N–H and O–H groups in total. The maximum Gasteiger partial charge on any atom is 0.274 e. The molecular weight excluding hydrogens is 330 g/mol. The van der Waals surface area contributed by atoms with Gasteiger partial charge < -0.3 is 10.2 Å². The number of amides is 2. The van der Waals surface area contributed by atoms with Crippen molar-refractivity contribution in [3.8, 4) is 5.69 Å². The van der Waals surface area contributed by atoms with Gasteiger partial charge in [-0.2, -0.15) is 5.10 Å². The summed E-state index contributed by atoms with van der Waals surface area (Å²) in [7, 11) is 0. The standard InChI is InChI=1S/C19H17N5O2/c1-13(25)23-11-7-14-4-2-5-16(18(14)23)22-19(26)17-12-15(6-9-20-17)24-10-3-8-21-24/h2-6,8-10,12H,7,11H2,1H3,(H,22,26). The summed E-state index contributed by atoms with van der Waals surface area (Å²) >= 11 is 0. The second kappa shape index (κ2) is 6.44. The zero-order chi connectivity index (χ0) is 18.1. The summed E-state index contributed by atoms with van der Waals surface area (Å²) < 4.78 is 1.66. The van der Waals surface area contributed by atoms with Crippen LogP contribution in [-0.2, 0) is 11.2 Å². The van der Waals surface area contributed by atoms with Gasteiger partial charge in [-0.3, -0.25) is 14.6 Å². The number of carbonyl (C=O) groups excluding carboxylic acids is 2. The first kappa shape index (κ1) is 16.0. The largest absolute Gasteiger partial charge is 0.319 e. The molecule has 0 unspecified atom stereocenters. The Labute approximate surface area is 150 Å². The van der Waals surface area contributed by atoms with Crippen LogP contribution in [0.25, 0.3) is 5.69 Å². The maximum atomic E-state index is 12.7. The first-order chi connectivity index (χ1) is 12.6. The lowest BCUT2D eigenvalue weighted by atomic mass is 10.1. The van der Waals surface area contributed by atoms with E-state index in [0.717, 1.165) is 23.4 Å². The minimum absolute atomic E-state index is 0.0377. The van der Waals surface area contributed by atoms with Crippen molar-refractivity contribution >= 4 is 23.2 Å². The maximum absolute atomic E-state index is 12.7. The molecule has 0 saturated heterocycles. The van der Waals surface area contributed by atoms with Crippen molar-refractivity contribution in [1.82, 2.24) is 14.8 Å². The predicted molar refractivity (Wildman–Crippen MR) is 97.5 cm³/mol. The third-order valence-corrected chi connectivity index (χ3v) is 4.37. The van der Waals surface area contributed by atoms with E-state index < -0.39 is 0 Å². The number of anilines is 2. The summed E-state index contributed by atoms with van der Waals surface area (Å²) in [6.45, 7) is 2.16. The predicted octanol–water partition coefficient (Wildman–Crippen LogP) is 2.43. The highest BCUT2D eigenvalue weighted by Crippen LogP contribution is 2.35. The minimum Gasteiger partial charge on any atom is -0.319 e. The van der Waals surface area contributed by atoms with E-state index in [1.54, 1.807) is 46.4 Å². The SMILES string of the molecule is CC(=O)N1CCc2cccc(NC(=O)c3cc(-n4cccn4)ccn3)c21. The molecule has 1 aliphatic rings. The molecule has 7 heteroatoms. The van der Waals surface area contributed by atoms with Crippen LogP contribution < -0.4 is 10.2 Å². The highest BCUT2D eigenvalue weighted by Gasteiger charge is 2.26. The van der Waals surface area contributed by atoms with Crippen molar-refractivity contribution < 1.29 is 9.59 Å². The molecule has 130 valence electrons. The quantitative estimate of drug-likeness (QED) is 0.789. The average molecular weight is 347 g/mol.